The van der Waals surface area contributed by atoms with Gasteiger partial charge in [0.05, 0.1) is 23.1 Å². The maximum absolute atomic E-state index is 4.57. The van der Waals surface area contributed by atoms with E-state index in [0.29, 0.717) is 0 Å². The highest BCUT2D eigenvalue weighted by molar-refractivity contribution is 5.92. The molecule has 2 aromatic heterocycles. The Morgan fingerprint density at radius 2 is 1.65 bits per heavy atom. The molecule has 20 heavy (non-hydrogen) atoms. The fourth-order valence-corrected chi connectivity index (χ4v) is 2.10. The lowest BCUT2D eigenvalue weighted by Gasteiger charge is -2.02. The van der Waals surface area contributed by atoms with Crippen molar-refractivity contribution >= 4 is 22.8 Å². The number of hydrogen-bond acceptors (Lipinski definition) is 3. The molecule has 0 fully saturated rings. The van der Waals surface area contributed by atoms with Crippen molar-refractivity contribution in [2.45, 2.75) is 13.8 Å². The number of pyridine rings is 2. The van der Waals surface area contributed by atoms with Crippen molar-refractivity contribution in [3.05, 3.63) is 65.6 Å². The molecule has 0 unspecified atom stereocenters. The first-order chi connectivity index (χ1) is 9.72. The van der Waals surface area contributed by atoms with Gasteiger partial charge in [0.15, 0.2) is 0 Å². The van der Waals surface area contributed by atoms with E-state index in [-0.39, 0.29) is 0 Å². The zero-order chi connectivity index (χ0) is 13.9. The second kappa shape index (κ2) is 5.21. The minimum absolute atomic E-state index is 0.856. The molecule has 2 heterocycles. The minimum Gasteiger partial charge on any atom is -0.252 e. The zero-order valence-corrected chi connectivity index (χ0v) is 11.5. The summed E-state index contributed by atoms with van der Waals surface area (Å²) < 4.78 is 0. The van der Waals surface area contributed by atoms with E-state index >= 15 is 0 Å². The third-order valence-corrected chi connectivity index (χ3v) is 3.08. The number of aliphatic imine (C=N–C) groups is 1. The Hall–Kier alpha value is -2.55. The highest BCUT2D eigenvalue weighted by Crippen LogP contribution is 2.24. The normalized spacial score (nSPS) is 11.3. The summed E-state index contributed by atoms with van der Waals surface area (Å²) in [6, 6.07) is 16.0. The van der Waals surface area contributed by atoms with Crippen molar-refractivity contribution < 1.29 is 0 Å². The molecule has 0 spiro atoms. The Kier molecular flexibility index (Phi) is 3.25. The van der Waals surface area contributed by atoms with Gasteiger partial charge >= 0.3 is 0 Å². The van der Waals surface area contributed by atoms with Crippen LogP contribution in [0.1, 0.15) is 17.1 Å². The molecular weight excluding hydrogens is 246 g/mol. The summed E-state index contributed by atoms with van der Waals surface area (Å²) in [5.74, 6) is 0. The summed E-state index contributed by atoms with van der Waals surface area (Å²) in [6.45, 7) is 3.96. The summed E-state index contributed by atoms with van der Waals surface area (Å²) in [4.78, 5) is 13.5. The number of hydrogen-bond donors (Lipinski definition) is 0. The van der Waals surface area contributed by atoms with Crippen LogP contribution in [-0.2, 0) is 0 Å². The smallest absolute Gasteiger partial charge is 0.0961 e. The van der Waals surface area contributed by atoms with Gasteiger partial charge in [-0.2, -0.15) is 0 Å². The number of aryl methyl sites for hydroxylation is 2. The van der Waals surface area contributed by atoms with Crippen molar-refractivity contribution in [3.8, 4) is 0 Å². The summed E-state index contributed by atoms with van der Waals surface area (Å²) >= 11 is 0. The standard InChI is InChI=1S/C17H15N3/c1-12-5-3-7-15(19-12)11-18-16-8-4-6-14-10-9-13(2)20-17(14)16/h3-11H,1-2H3. The van der Waals surface area contributed by atoms with Crippen LogP contribution >= 0.6 is 0 Å². The Morgan fingerprint density at radius 3 is 2.50 bits per heavy atom. The summed E-state index contributed by atoms with van der Waals surface area (Å²) in [6.07, 6.45) is 1.78. The Morgan fingerprint density at radius 1 is 0.850 bits per heavy atom. The van der Waals surface area contributed by atoms with Gasteiger partial charge in [-0.25, -0.2) is 0 Å². The number of aromatic nitrogens is 2. The van der Waals surface area contributed by atoms with Crippen LogP contribution < -0.4 is 0 Å². The van der Waals surface area contributed by atoms with Crippen LogP contribution in [0.2, 0.25) is 0 Å². The van der Waals surface area contributed by atoms with E-state index in [1.165, 1.54) is 0 Å². The molecule has 0 radical (unpaired) electrons. The van der Waals surface area contributed by atoms with E-state index in [2.05, 4.69) is 21.0 Å². The van der Waals surface area contributed by atoms with Gasteiger partial charge in [-0.1, -0.05) is 24.3 Å². The molecule has 0 saturated carbocycles. The molecular formula is C17H15N3. The fourth-order valence-electron chi connectivity index (χ4n) is 2.10. The van der Waals surface area contributed by atoms with Gasteiger partial charge in [0.2, 0.25) is 0 Å². The molecule has 3 aromatic rings. The number of rotatable bonds is 2. The van der Waals surface area contributed by atoms with Gasteiger partial charge in [-0.05, 0) is 38.1 Å². The predicted octanol–water partition coefficient (Wildman–Crippen LogP) is 4.00. The van der Waals surface area contributed by atoms with Crippen molar-refractivity contribution in [2.75, 3.05) is 0 Å². The molecule has 3 heteroatoms. The van der Waals surface area contributed by atoms with Crippen LogP contribution in [0.3, 0.4) is 0 Å². The van der Waals surface area contributed by atoms with E-state index in [9.17, 15) is 0 Å². The van der Waals surface area contributed by atoms with Crippen LogP contribution in [0.15, 0.2) is 53.5 Å². The minimum atomic E-state index is 0.856. The van der Waals surface area contributed by atoms with Gasteiger partial charge < -0.3 is 0 Å². The van der Waals surface area contributed by atoms with Crippen LogP contribution in [0.25, 0.3) is 10.9 Å². The lowest BCUT2D eigenvalue weighted by atomic mass is 10.2. The SMILES string of the molecule is Cc1cccc(C=Nc2cccc3ccc(C)nc23)n1. The van der Waals surface area contributed by atoms with Crippen LogP contribution in [0.5, 0.6) is 0 Å². The van der Waals surface area contributed by atoms with E-state index < -0.39 is 0 Å². The van der Waals surface area contributed by atoms with Gasteiger partial charge in [0.25, 0.3) is 0 Å². The molecule has 3 rings (SSSR count). The number of fused-ring (bicyclic) bond motifs is 1. The van der Waals surface area contributed by atoms with Crippen LogP contribution in [0.4, 0.5) is 5.69 Å². The lowest BCUT2D eigenvalue weighted by Crippen LogP contribution is -1.89. The number of nitrogens with zero attached hydrogens (tertiary/aromatic N) is 3. The maximum atomic E-state index is 4.57. The molecule has 0 aliphatic carbocycles. The quantitative estimate of drug-likeness (QED) is 0.654. The first-order valence-electron chi connectivity index (χ1n) is 6.56. The molecule has 0 aliphatic heterocycles. The van der Waals surface area contributed by atoms with Crippen LogP contribution in [-0.4, -0.2) is 16.2 Å². The van der Waals surface area contributed by atoms with E-state index in [1.54, 1.807) is 6.21 Å². The number of benzene rings is 1. The highest BCUT2D eigenvalue weighted by Gasteiger charge is 2.01. The molecule has 98 valence electrons. The predicted molar refractivity (Wildman–Crippen MR) is 82.7 cm³/mol. The zero-order valence-electron chi connectivity index (χ0n) is 11.5. The Labute approximate surface area is 118 Å². The highest BCUT2D eigenvalue weighted by atomic mass is 14.8. The average molecular weight is 261 g/mol. The molecule has 0 bridgehead atoms. The number of para-hydroxylation sites is 1. The molecule has 0 saturated heterocycles. The second-order valence-electron chi connectivity index (χ2n) is 4.76. The summed E-state index contributed by atoms with van der Waals surface area (Å²) in [5, 5.41) is 1.10. The first-order valence-corrected chi connectivity index (χ1v) is 6.56. The second-order valence-corrected chi connectivity index (χ2v) is 4.76. The van der Waals surface area contributed by atoms with E-state index in [1.807, 2.05) is 56.3 Å². The third-order valence-electron chi connectivity index (χ3n) is 3.08. The topological polar surface area (TPSA) is 38.1 Å². The molecule has 3 nitrogen and oxygen atoms in total. The van der Waals surface area contributed by atoms with E-state index in [4.69, 9.17) is 0 Å². The molecule has 0 aliphatic rings. The van der Waals surface area contributed by atoms with Crippen LogP contribution in [0, 0.1) is 13.8 Å². The van der Waals surface area contributed by atoms with Crippen molar-refractivity contribution in [2.24, 2.45) is 4.99 Å². The fraction of sp³-hybridized carbons (Fsp3) is 0.118. The first kappa shape index (κ1) is 12.5. The molecule has 0 amide bonds. The third kappa shape index (κ3) is 2.57. The monoisotopic (exact) mass is 261 g/mol. The van der Waals surface area contributed by atoms with Gasteiger partial charge in [-0.3, -0.25) is 15.0 Å². The molecule has 1 aromatic carbocycles. The maximum Gasteiger partial charge on any atom is 0.0961 e. The van der Waals surface area contributed by atoms with Crippen molar-refractivity contribution in [1.29, 1.82) is 0 Å². The van der Waals surface area contributed by atoms with Gasteiger partial charge in [0, 0.05) is 16.8 Å². The largest absolute Gasteiger partial charge is 0.252 e. The Balaban J connectivity index is 2.04. The summed E-state index contributed by atoms with van der Waals surface area (Å²) in [7, 11) is 0. The molecule has 0 N–H and O–H groups in total. The van der Waals surface area contributed by atoms with Gasteiger partial charge in [-0.15, -0.1) is 0 Å². The average Bonchev–Trinajstić information content (AvgIpc) is 2.45. The molecule has 0 atom stereocenters. The van der Waals surface area contributed by atoms with Crippen molar-refractivity contribution in [1.82, 2.24) is 9.97 Å². The van der Waals surface area contributed by atoms with E-state index in [0.717, 1.165) is 33.7 Å². The lowest BCUT2D eigenvalue weighted by molar-refractivity contribution is 1.18. The summed E-state index contributed by atoms with van der Waals surface area (Å²) in [5.41, 5.74) is 4.63. The Bertz CT molecular complexity index is 791. The van der Waals surface area contributed by atoms with Crippen molar-refractivity contribution in [3.63, 3.8) is 0 Å². The van der Waals surface area contributed by atoms with Gasteiger partial charge in [0.1, 0.15) is 0 Å².